The molecular formula is C27H23ClN4O2. The molecule has 3 aromatic carbocycles. The van der Waals surface area contributed by atoms with E-state index in [9.17, 15) is 4.79 Å². The number of hydrogen-bond donors (Lipinski definition) is 1. The van der Waals surface area contributed by atoms with Crippen molar-refractivity contribution in [1.82, 2.24) is 9.99 Å². The molecule has 1 amide bonds. The highest BCUT2D eigenvalue weighted by atomic mass is 35.5. The van der Waals surface area contributed by atoms with Crippen molar-refractivity contribution in [2.75, 3.05) is 12.4 Å². The maximum absolute atomic E-state index is 12.4. The van der Waals surface area contributed by atoms with Gasteiger partial charge in [-0.1, -0.05) is 23.7 Å². The molecule has 170 valence electrons. The molecule has 0 saturated carbocycles. The number of rotatable bonds is 5. The summed E-state index contributed by atoms with van der Waals surface area (Å²) in [6, 6.07) is 23.3. The standard InChI is InChI=1S/C27H23ClN4O2/c1-17(33)32-27(16-25(31-32)18-6-9-22(34-2)10-7-18)19-4-3-5-21(14-19)30-24-12-13-29-26-15-20(28)8-11-23(24)26/h3-15,27H,16H2,1-2H3,(H,29,30). The summed E-state index contributed by atoms with van der Waals surface area (Å²) in [5, 5.41) is 11.3. The largest absolute Gasteiger partial charge is 0.497 e. The summed E-state index contributed by atoms with van der Waals surface area (Å²) < 4.78 is 5.25. The zero-order chi connectivity index (χ0) is 23.7. The van der Waals surface area contributed by atoms with Crippen LogP contribution in [-0.2, 0) is 4.79 Å². The normalized spacial score (nSPS) is 15.3. The first-order valence-electron chi connectivity index (χ1n) is 10.9. The molecule has 2 heterocycles. The van der Waals surface area contributed by atoms with Gasteiger partial charge in [-0.05, 0) is 71.8 Å². The minimum absolute atomic E-state index is 0.0936. The summed E-state index contributed by atoms with van der Waals surface area (Å²) in [4.78, 5) is 16.8. The average Bonchev–Trinajstić information content (AvgIpc) is 3.30. The number of fused-ring (bicyclic) bond motifs is 1. The van der Waals surface area contributed by atoms with Crippen LogP contribution in [0.25, 0.3) is 10.9 Å². The maximum atomic E-state index is 12.4. The molecule has 0 saturated heterocycles. The number of nitrogens with one attached hydrogen (secondary N) is 1. The minimum Gasteiger partial charge on any atom is -0.497 e. The molecule has 1 atom stereocenters. The lowest BCUT2D eigenvalue weighted by Crippen LogP contribution is -2.24. The van der Waals surface area contributed by atoms with E-state index in [1.165, 1.54) is 0 Å². The fourth-order valence-electron chi connectivity index (χ4n) is 4.23. The predicted molar refractivity (Wildman–Crippen MR) is 136 cm³/mol. The van der Waals surface area contributed by atoms with E-state index in [4.69, 9.17) is 16.3 Å². The van der Waals surface area contributed by atoms with E-state index < -0.39 is 0 Å². The predicted octanol–water partition coefficient (Wildman–Crippen LogP) is 6.34. The smallest absolute Gasteiger partial charge is 0.240 e. The SMILES string of the molecule is COc1ccc(C2=NN(C(C)=O)C(c3cccc(Nc4ccnc5cc(Cl)ccc45)c3)C2)cc1. The highest BCUT2D eigenvalue weighted by Gasteiger charge is 2.31. The van der Waals surface area contributed by atoms with Gasteiger partial charge in [0.1, 0.15) is 5.75 Å². The van der Waals surface area contributed by atoms with E-state index in [1.807, 2.05) is 66.7 Å². The van der Waals surface area contributed by atoms with Crippen molar-refractivity contribution in [2.24, 2.45) is 5.10 Å². The Labute approximate surface area is 202 Å². The number of methoxy groups -OCH3 is 1. The number of carbonyl (C=O) groups is 1. The van der Waals surface area contributed by atoms with Crippen molar-refractivity contribution >= 4 is 45.5 Å². The van der Waals surface area contributed by atoms with Gasteiger partial charge in [-0.2, -0.15) is 5.10 Å². The number of benzene rings is 3. The average molecular weight is 471 g/mol. The quantitative estimate of drug-likeness (QED) is 0.369. The number of hydrazone groups is 1. The molecule has 1 aromatic heterocycles. The molecule has 0 spiro atoms. The summed E-state index contributed by atoms with van der Waals surface area (Å²) in [6.07, 6.45) is 2.39. The maximum Gasteiger partial charge on any atom is 0.240 e. The number of carbonyl (C=O) groups excluding carboxylic acids is 1. The van der Waals surface area contributed by atoms with E-state index >= 15 is 0 Å². The third-order valence-corrected chi connectivity index (χ3v) is 6.15. The molecular weight excluding hydrogens is 448 g/mol. The number of aromatic nitrogens is 1. The van der Waals surface area contributed by atoms with Gasteiger partial charge in [0.25, 0.3) is 0 Å². The Hall–Kier alpha value is -3.90. The molecule has 4 aromatic rings. The highest BCUT2D eigenvalue weighted by Crippen LogP contribution is 2.35. The summed E-state index contributed by atoms with van der Waals surface area (Å²) >= 11 is 6.13. The van der Waals surface area contributed by atoms with Gasteiger partial charge in [-0.15, -0.1) is 0 Å². The molecule has 6 nitrogen and oxygen atoms in total. The van der Waals surface area contributed by atoms with Gasteiger partial charge >= 0.3 is 0 Å². The van der Waals surface area contributed by atoms with Crippen LogP contribution in [0.5, 0.6) is 5.75 Å². The lowest BCUT2D eigenvalue weighted by Gasteiger charge is -2.21. The van der Waals surface area contributed by atoms with Crippen LogP contribution in [0.1, 0.15) is 30.5 Å². The van der Waals surface area contributed by atoms with Crippen molar-refractivity contribution in [3.05, 3.63) is 95.1 Å². The van der Waals surface area contributed by atoms with Crippen LogP contribution in [0, 0.1) is 0 Å². The van der Waals surface area contributed by atoms with Crippen molar-refractivity contribution in [3.63, 3.8) is 0 Å². The van der Waals surface area contributed by atoms with Gasteiger partial charge in [0, 0.05) is 41.3 Å². The number of halogens is 1. The summed E-state index contributed by atoms with van der Waals surface area (Å²) in [6.45, 7) is 1.55. The Morgan fingerprint density at radius 2 is 1.91 bits per heavy atom. The van der Waals surface area contributed by atoms with Crippen LogP contribution < -0.4 is 10.1 Å². The second-order valence-electron chi connectivity index (χ2n) is 8.13. The van der Waals surface area contributed by atoms with E-state index in [-0.39, 0.29) is 11.9 Å². The van der Waals surface area contributed by atoms with Gasteiger partial charge in [0.05, 0.1) is 24.4 Å². The van der Waals surface area contributed by atoms with Crippen molar-refractivity contribution in [2.45, 2.75) is 19.4 Å². The molecule has 1 N–H and O–H groups in total. The zero-order valence-corrected chi connectivity index (χ0v) is 19.6. The topological polar surface area (TPSA) is 66.8 Å². The Bertz CT molecular complexity index is 1400. The second-order valence-corrected chi connectivity index (χ2v) is 8.57. The third kappa shape index (κ3) is 4.32. The number of amides is 1. The van der Waals surface area contributed by atoms with Crippen LogP contribution in [0.2, 0.25) is 5.02 Å². The first kappa shape index (κ1) is 21.9. The lowest BCUT2D eigenvalue weighted by molar-refractivity contribution is -0.130. The monoisotopic (exact) mass is 470 g/mol. The van der Waals surface area contributed by atoms with Gasteiger partial charge in [-0.3, -0.25) is 9.78 Å². The molecule has 0 aliphatic carbocycles. The molecule has 0 fully saturated rings. The molecule has 0 radical (unpaired) electrons. The van der Waals surface area contributed by atoms with E-state index in [2.05, 4.69) is 21.5 Å². The molecule has 0 bridgehead atoms. The molecule has 1 unspecified atom stereocenters. The molecule has 34 heavy (non-hydrogen) atoms. The third-order valence-electron chi connectivity index (χ3n) is 5.91. The van der Waals surface area contributed by atoms with Crippen LogP contribution >= 0.6 is 11.6 Å². The number of anilines is 2. The lowest BCUT2D eigenvalue weighted by atomic mass is 9.98. The Morgan fingerprint density at radius 3 is 2.68 bits per heavy atom. The van der Waals surface area contributed by atoms with Crippen LogP contribution in [0.3, 0.4) is 0 Å². The number of hydrogen-bond acceptors (Lipinski definition) is 5. The van der Waals surface area contributed by atoms with Crippen LogP contribution in [0.15, 0.2) is 84.1 Å². The van der Waals surface area contributed by atoms with Gasteiger partial charge in [-0.25, -0.2) is 5.01 Å². The Kier molecular flexibility index (Phi) is 5.90. The van der Waals surface area contributed by atoms with Crippen molar-refractivity contribution in [3.8, 4) is 5.75 Å². The van der Waals surface area contributed by atoms with Crippen LogP contribution in [-0.4, -0.2) is 28.7 Å². The fraction of sp³-hybridized carbons (Fsp3) is 0.148. The van der Waals surface area contributed by atoms with E-state index in [1.54, 1.807) is 25.2 Å². The van der Waals surface area contributed by atoms with Crippen LogP contribution in [0.4, 0.5) is 11.4 Å². The minimum atomic E-state index is -0.177. The fourth-order valence-corrected chi connectivity index (χ4v) is 4.39. The summed E-state index contributed by atoms with van der Waals surface area (Å²) in [7, 11) is 1.64. The second kappa shape index (κ2) is 9.15. The molecule has 5 rings (SSSR count). The van der Waals surface area contributed by atoms with Gasteiger partial charge in [0.2, 0.25) is 5.91 Å². The Morgan fingerprint density at radius 1 is 1.09 bits per heavy atom. The highest BCUT2D eigenvalue weighted by molar-refractivity contribution is 6.31. The van der Waals surface area contributed by atoms with E-state index in [0.29, 0.717) is 11.4 Å². The summed E-state index contributed by atoms with van der Waals surface area (Å²) in [5.41, 5.74) is 5.53. The number of nitrogens with zero attached hydrogens (tertiary/aromatic N) is 3. The first-order valence-corrected chi connectivity index (χ1v) is 11.3. The molecule has 1 aliphatic rings. The Balaban J connectivity index is 1.43. The molecule has 7 heteroatoms. The van der Waals surface area contributed by atoms with E-state index in [0.717, 1.165) is 44.9 Å². The number of pyridine rings is 1. The zero-order valence-electron chi connectivity index (χ0n) is 18.8. The van der Waals surface area contributed by atoms with Gasteiger partial charge < -0.3 is 10.1 Å². The van der Waals surface area contributed by atoms with Gasteiger partial charge in [0.15, 0.2) is 0 Å². The van der Waals surface area contributed by atoms with Crippen molar-refractivity contribution < 1.29 is 9.53 Å². The first-order chi connectivity index (χ1) is 16.5. The van der Waals surface area contributed by atoms with Crippen molar-refractivity contribution in [1.29, 1.82) is 0 Å². The molecule has 1 aliphatic heterocycles. The number of ether oxygens (including phenoxy) is 1. The summed E-state index contributed by atoms with van der Waals surface area (Å²) in [5.74, 6) is 0.691.